The van der Waals surface area contributed by atoms with Gasteiger partial charge in [0.05, 0.1) is 15.8 Å². The Morgan fingerprint density at radius 3 is 1.69 bits per heavy atom. The fourth-order valence-electron chi connectivity index (χ4n) is 12.0. The summed E-state index contributed by atoms with van der Waals surface area (Å²) in [4.78, 5) is 130. The Bertz CT molecular complexity index is 3370. The van der Waals surface area contributed by atoms with Crippen molar-refractivity contribution in [1.29, 1.82) is 0 Å². The van der Waals surface area contributed by atoms with Crippen LogP contribution in [-0.4, -0.2) is 134 Å². The molecule has 2 saturated heterocycles. The Morgan fingerprint density at radius 2 is 1.20 bits per heavy atom. The van der Waals surface area contributed by atoms with Crippen LogP contribution in [0.15, 0.2) is 88.7 Å². The predicted octanol–water partition coefficient (Wildman–Crippen LogP) is 6.88. The summed E-state index contributed by atoms with van der Waals surface area (Å²) in [6.07, 6.45) is 4.45. The molecule has 2 heterocycles. The highest BCUT2D eigenvalue weighted by molar-refractivity contribution is 7.90. The number of sulfonamides is 2. The molecule has 4 aliphatic rings. The molecule has 0 spiro atoms. The smallest absolute Gasteiger partial charge is 0.408 e. The van der Waals surface area contributed by atoms with Crippen molar-refractivity contribution in [2.45, 2.75) is 212 Å². The van der Waals surface area contributed by atoms with Gasteiger partial charge < -0.3 is 41.1 Å². The Balaban J connectivity index is 1.13. The molecule has 2 aliphatic carbocycles. The number of allylic oxidation sites excluding steroid dienone is 2. The number of amides is 9. The summed E-state index contributed by atoms with van der Waals surface area (Å²) in [5, 5.41) is 13.9. The van der Waals surface area contributed by atoms with Crippen LogP contribution in [0, 0.1) is 46.3 Å². The predicted molar refractivity (Wildman–Crippen MR) is 343 cm³/mol. The minimum Gasteiger partial charge on any atom is -0.439 e. The van der Waals surface area contributed by atoms with Gasteiger partial charge in [0.15, 0.2) is 5.78 Å². The standard InChI is InChI=1S/C66H97N9O14S2/c1-18-41(9)51(76)48(40(7)8)67-60(83)68-52(62(10,11)12)56(79)75-36-32-47(39(5)6)50(75)55(78)70-65(33-34-65)58(81)72-91(87,88)46-29-27-44(28-30-46)64(16,17)89-61(84)69-53(63(13,14)15)57(80)74-35-31-42(26-25-38(3)4)49(74)54(77)71-66(37-43(66)19-2)59(82)73-90(85,86)45-23-21-20-22-24-45/h19-25,27-30,39-43,47-50,52-53H,2,18,26,31-37H2,1,3-17H3,(H,69,84)(H,70,78)(H,71,77)(H,72,81)(H,73,82)(H2,67,68,83)/t41?,42-,43?,47+,48?,49?,50?,52+,53+,66+/m0/s1. The number of rotatable bonds is 25. The molecule has 2 saturated carbocycles. The Labute approximate surface area is 537 Å². The van der Waals surface area contributed by atoms with Gasteiger partial charge in [0.25, 0.3) is 31.9 Å². The summed E-state index contributed by atoms with van der Waals surface area (Å²) in [5.41, 5.74) is -5.31. The number of nitrogens with one attached hydrogen (secondary N) is 7. The maximum absolute atomic E-state index is 14.9. The molecule has 23 nitrogen and oxygen atoms in total. The van der Waals surface area contributed by atoms with E-state index in [-0.39, 0.29) is 71.6 Å². The Morgan fingerprint density at radius 1 is 0.681 bits per heavy atom. The third-order valence-corrected chi connectivity index (χ3v) is 20.9. The van der Waals surface area contributed by atoms with Crippen molar-refractivity contribution in [3.8, 4) is 0 Å². The zero-order chi connectivity index (χ0) is 68.3. The van der Waals surface area contributed by atoms with Crippen molar-refractivity contribution >= 4 is 73.4 Å². The average Bonchev–Trinajstić information content (AvgIpc) is 1.58. The van der Waals surface area contributed by atoms with Crippen molar-refractivity contribution in [3.05, 3.63) is 84.5 Å². The van der Waals surface area contributed by atoms with Crippen LogP contribution < -0.4 is 36.0 Å². The molecular formula is C66H97N9O14S2. The first-order chi connectivity index (χ1) is 42.1. The second kappa shape index (κ2) is 28.0. The summed E-state index contributed by atoms with van der Waals surface area (Å²) >= 11 is 0. The summed E-state index contributed by atoms with van der Waals surface area (Å²) in [6.45, 7) is 32.6. The maximum Gasteiger partial charge on any atom is 0.408 e. The SMILES string of the molecule is C=CC1C[C@]1(NC(=O)C1[C@@H](CC=C(C)C)CCN1C(=O)[C@@H](NC(=O)OC(C)(C)c1ccc(S(=O)(=O)NC(=O)C2(NC(=O)C3[C@@H](C(C)C)CCN3C(=O)[C@@H](NC(=O)NC(C(=O)C(C)CC)C(C)C)C(C)(C)C)CC2)cc1)C(C)(C)C)C(=O)NS(=O)(=O)c1ccccc1. The number of nitrogens with zero attached hydrogens (tertiary/aromatic N) is 2. The van der Waals surface area contributed by atoms with Gasteiger partial charge in [-0.3, -0.25) is 33.6 Å². The number of hydrogen-bond acceptors (Lipinski definition) is 14. The van der Waals surface area contributed by atoms with E-state index in [4.69, 9.17) is 4.74 Å². The highest BCUT2D eigenvalue weighted by Gasteiger charge is 2.62. The molecule has 91 heavy (non-hydrogen) atoms. The highest BCUT2D eigenvalue weighted by atomic mass is 32.2. The van der Waals surface area contributed by atoms with Gasteiger partial charge in [-0.15, -0.1) is 6.58 Å². The topological polar surface area (TPSA) is 322 Å². The van der Waals surface area contributed by atoms with Crippen molar-refractivity contribution in [3.63, 3.8) is 0 Å². The zero-order valence-corrected chi connectivity index (χ0v) is 57.3. The van der Waals surface area contributed by atoms with Crippen molar-refractivity contribution in [2.75, 3.05) is 13.1 Å². The zero-order valence-electron chi connectivity index (χ0n) is 55.7. The van der Waals surface area contributed by atoms with Crippen LogP contribution in [0.4, 0.5) is 9.59 Å². The molecule has 0 bridgehead atoms. The van der Waals surface area contributed by atoms with E-state index >= 15 is 0 Å². The molecule has 10 atom stereocenters. The normalized spacial score (nSPS) is 22.7. The molecule has 0 aromatic heterocycles. The largest absolute Gasteiger partial charge is 0.439 e. The number of ether oxygens (including phenoxy) is 1. The second-order valence-corrected chi connectivity index (χ2v) is 32.1. The van der Waals surface area contributed by atoms with Crippen LogP contribution in [0.1, 0.15) is 161 Å². The van der Waals surface area contributed by atoms with Crippen LogP contribution in [-0.2, 0) is 63.9 Å². The fraction of sp³-hybridized carbons (Fsp3) is 0.621. The minimum atomic E-state index is -4.59. The first-order valence-corrected chi connectivity index (χ1v) is 34.5. The molecule has 2 aromatic carbocycles. The van der Waals surface area contributed by atoms with E-state index in [9.17, 15) is 60.0 Å². The first kappa shape index (κ1) is 72.9. The fourth-order valence-corrected chi connectivity index (χ4v) is 14.1. The molecule has 2 aromatic rings. The third-order valence-electron chi connectivity index (χ3n) is 18.2. The van der Waals surface area contributed by atoms with Gasteiger partial charge >= 0.3 is 12.1 Å². The molecule has 25 heteroatoms. The molecule has 7 N–H and O–H groups in total. The second-order valence-electron chi connectivity index (χ2n) is 28.7. The van der Waals surface area contributed by atoms with Crippen LogP contribution in [0.3, 0.4) is 0 Å². The summed E-state index contributed by atoms with van der Waals surface area (Å²) in [5.74, 6) is -6.61. The van der Waals surface area contributed by atoms with Crippen LogP contribution in [0.5, 0.6) is 0 Å². The monoisotopic (exact) mass is 1300 g/mol. The maximum atomic E-state index is 14.9. The number of carbonyl (C=O) groups is 9. The molecule has 6 rings (SSSR count). The van der Waals surface area contributed by atoms with Crippen molar-refractivity contribution in [1.82, 2.24) is 45.8 Å². The summed E-state index contributed by atoms with van der Waals surface area (Å²) in [6, 6.07) is 6.37. The minimum absolute atomic E-state index is 0.0580. The Hall–Kier alpha value is -7.15. The van der Waals surface area contributed by atoms with Gasteiger partial charge in [-0.2, -0.15) is 0 Å². The van der Waals surface area contributed by atoms with E-state index in [0.717, 1.165) is 5.57 Å². The van der Waals surface area contributed by atoms with E-state index in [2.05, 4.69) is 42.6 Å². The van der Waals surface area contributed by atoms with E-state index in [1.807, 2.05) is 54.5 Å². The Kier molecular flexibility index (Phi) is 22.4. The molecule has 2 aliphatic heterocycles. The van der Waals surface area contributed by atoms with E-state index in [1.165, 1.54) is 64.4 Å². The lowest BCUT2D eigenvalue weighted by Crippen LogP contribution is -2.62. The van der Waals surface area contributed by atoms with Gasteiger partial charge in [0, 0.05) is 24.9 Å². The lowest BCUT2D eigenvalue weighted by atomic mass is 9.84. The average molecular weight is 1300 g/mol. The number of ketones is 1. The van der Waals surface area contributed by atoms with E-state index in [0.29, 0.717) is 31.2 Å². The van der Waals surface area contributed by atoms with Gasteiger partial charge in [0.1, 0.15) is 40.8 Å². The molecule has 4 fully saturated rings. The number of carbonyl (C=O) groups excluding carboxylic acids is 9. The van der Waals surface area contributed by atoms with Gasteiger partial charge in [0.2, 0.25) is 23.6 Å². The van der Waals surface area contributed by atoms with Crippen LogP contribution >= 0.6 is 0 Å². The highest BCUT2D eigenvalue weighted by Crippen LogP contribution is 2.46. The van der Waals surface area contributed by atoms with Gasteiger partial charge in [-0.25, -0.2) is 35.9 Å². The molecule has 0 radical (unpaired) electrons. The van der Waals surface area contributed by atoms with E-state index in [1.54, 1.807) is 68.4 Å². The first-order valence-electron chi connectivity index (χ1n) is 31.5. The number of urea groups is 1. The quantitative estimate of drug-likeness (QED) is 0.0499. The summed E-state index contributed by atoms with van der Waals surface area (Å²) < 4.78 is 64.6. The van der Waals surface area contributed by atoms with Crippen LogP contribution in [0.25, 0.3) is 0 Å². The summed E-state index contributed by atoms with van der Waals surface area (Å²) in [7, 11) is -8.92. The molecule has 5 unspecified atom stereocenters. The van der Waals surface area contributed by atoms with Crippen LogP contribution in [0.2, 0.25) is 0 Å². The molecule has 9 amide bonds. The van der Waals surface area contributed by atoms with Gasteiger partial charge in [-0.1, -0.05) is 131 Å². The van der Waals surface area contributed by atoms with E-state index < -0.39 is 137 Å². The van der Waals surface area contributed by atoms with Crippen molar-refractivity contribution < 1.29 is 64.7 Å². The molecule has 502 valence electrons. The number of hydrogen-bond donors (Lipinski definition) is 7. The number of likely N-dealkylation sites (tertiary alicyclic amines) is 2. The lowest BCUT2D eigenvalue weighted by molar-refractivity contribution is -0.144. The number of Topliss-reactive ketones (excluding diaryl/α,β-unsaturated/α-hetero) is 1. The third kappa shape index (κ3) is 16.9. The number of benzene rings is 2. The number of alkyl carbamates (subject to hydrolysis) is 1. The van der Waals surface area contributed by atoms with Crippen molar-refractivity contribution in [2.24, 2.45) is 46.3 Å². The lowest BCUT2D eigenvalue weighted by Gasteiger charge is -2.37. The molecular weight excluding hydrogens is 1210 g/mol. The van der Waals surface area contributed by atoms with Gasteiger partial charge in [-0.05, 0) is 137 Å².